The molecule has 0 bridgehead atoms. The van der Waals surface area contributed by atoms with Gasteiger partial charge in [0, 0.05) is 31.3 Å². The van der Waals surface area contributed by atoms with Gasteiger partial charge in [-0.05, 0) is 54.7 Å². The third-order valence-corrected chi connectivity index (χ3v) is 7.22. The Labute approximate surface area is 197 Å². The molecule has 0 spiro atoms. The number of piperidine rings is 1. The van der Waals surface area contributed by atoms with Crippen LogP contribution in [0.1, 0.15) is 49.4 Å². The van der Waals surface area contributed by atoms with E-state index in [1.54, 1.807) is 0 Å². The SMILES string of the molecule is C=C.C=C.C=C(c1cc(C)cc2c1CC(C)(C)C2)N1CC2CC2(C2=NCC(C(C)(F)F)=N2)C1. The topological polar surface area (TPSA) is 28.0 Å². The summed E-state index contributed by atoms with van der Waals surface area (Å²) in [7, 11) is 0. The van der Waals surface area contributed by atoms with Crippen LogP contribution >= 0.6 is 0 Å². The fourth-order valence-electron chi connectivity index (χ4n) is 5.63. The number of alkyl halides is 2. The molecule has 1 saturated carbocycles. The molecule has 33 heavy (non-hydrogen) atoms. The van der Waals surface area contributed by atoms with Gasteiger partial charge in [-0.25, -0.2) is 13.8 Å². The van der Waals surface area contributed by atoms with E-state index in [9.17, 15) is 8.78 Å². The second-order valence-electron chi connectivity index (χ2n) is 10.4. The summed E-state index contributed by atoms with van der Waals surface area (Å²) in [6.45, 7) is 25.9. The molecule has 2 heterocycles. The molecule has 0 aromatic heterocycles. The molecular formula is C28H37F2N3. The largest absolute Gasteiger partial charge is 0.370 e. The standard InChI is InChI=1S/C24H29F2N3.2C2H4/c1-14-6-16-8-22(3,4)10-19(16)18(7-14)15(2)29-12-17-9-24(17,13-29)21-27-11-20(28-21)23(5,25)26;2*1-2/h6-7,17H,2,8-13H2,1,3-5H3;2*1-2H2. The zero-order chi connectivity index (χ0) is 24.8. The monoisotopic (exact) mass is 453 g/mol. The molecule has 0 N–H and O–H groups in total. The minimum atomic E-state index is -2.89. The van der Waals surface area contributed by atoms with Crippen LogP contribution in [0.2, 0.25) is 0 Å². The van der Waals surface area contributed by atoms with Crippen LogP contribution in [0.5, 0.6) is 0 Å². The Morgan fingerprint density at radius 3 is 2.42 bits per heavy atom. The van der Waals surface area contributed by atoms with Gasteiger partial charge < -0.3 is 4.90 Å². The van der Waals surface area contributed by atoms with E-state index in [0.29, 0.717) is 11.8 Å². The molecule has 3 nitrogen and oxygen atoms in total. The smallest absolute Gasteiger partial charge is 0.285 e. The zero-order valence-corrected chi connectivity index (χ0v) is 20.6. The lowest BCUT2D eigenvalue weighted by atomic mass is 9.90. The lowest BCUT2D eigenvalue weighted by Gasteiger charge is -2.27. The summed E-state index contributed by atoms with van der Waals surface area (Å²) in [5.41, 5.74) is 6.53. The summed E-state index contributed by atoms with van der Waals surface area (Å²) in [6, 6.07) is 4.58. The molecule has 5 rings (SSSR count). The summed E-state index contributed by atoms with van der Waals surface area (Å²) in [4.78, 5) is 11.0. The first kappa shape index (κ1) is 25.1. The molecule has 5 heteroatoms. The molecule has 0 radical (unpaired) electrons. The van der Waals surface area contributed by atoms with Crippen molar-refractivity contribution in [1.82, 2.24) is 4.90 Å². The highest BCUT2D eigenvalue weighted by atomic mass is 19.3. The van der Waals surface area contributed by atoms with Crippen molar-refractivity contribution in [3.63, 3.8) is 0 Å². The molecular weight excluding hydrogens is 416 g/mol. The van der Waals surface area contributed by atoms with E-state index < -0.39 is 5.92 Å². The predicted octanol–water partition coefficient (Wildman–Crippen LogP) is 6.53. The average Bonchev–Trinajstić information content (AvgIpc) is 3.14. The third-order valence-electron chi connectivity index (χ3n) is 7.22. The Balaban J connectivity index is 0.000000728. The number of fused-ring (bicyclic) bond motifs is 2. The van der Waals surface area contributed by atoms with Gasteiger partial charge in [0.05, 0.1) is 12.0 Å². The maximum absolute atomic E-state index is 13.7. The van der Waals surface area contributed by atoms with Gasteiger partial charge in [-0.3, -0.25) is 4.99 Å². The van der Waals surface area contributed by atoms with Crippen molar-refractivity contribution in [3.05, 3.63) is 67.3 Å². The number of hydrogen-bond acceptors (Lipinski definition) is 3. The van der Waals surface area contributed by atoms with Gasteiger partial charge in [-0.1, -0.05) is 32.1 Å². The number of halogens is 2. The van der Waals surface area contributed by atoms with Gasteiger partial charge in [0.15, 0.2) is 0 Å². The van der Waals surface area contributed by atoms with Gasteiger partial charge in [0.2, 0.25) is 0 Å². The first-order chi connectivity index (χ1) is 15.5. The third kappa shape index (κ3) is 4.47. The van der Waals surface area contributed by atoms with Gasteiger partial charge in [-0.15, -0.1) is 26.3 Å². The molecule has 4 aliphatic rings. The molecule has 1 saturated heterocycles. The van der Waals surface area contributed by atoms with Crippen LogP contribution in [0.4, 0.5) is 8.78 Å². The van der Waals surface area contributed by atoms with Gasteiger partial charge in [-0.2, -0.15) is 0 Å². The summed E-state index contributed by atoms with van der Waals surface area (Å²) in [5.74, 6) is -1.80. The second kappa shape index (κ2) is 8.66. The van der Waals surface area contributed by atoms with E-state index in [0.717, 1.165) is 45.0 Å². The second-order valence-corrected chi connectivity index (χ2v) is 10.4. The lowest BCUT2D eigenvalue weighted by molar-refractivity contribution is 0.0997. The molecule has 0 amide bonds. The highest BCUT2D eigenvalue weighted by Gasteiger charge is 2.64. The van der Waals surface area contributed by atoms with Crippen molar-refractivity contribution < 1.29 is 8.78 Å². The van der Waals surface area contributed by atoms with E-state index in [4.69, 9.17) is 0 Å². The van der Waals surface area contributed by atoms with Crippen molar-refractivity contribution in [2.45, 2.75) is 52.9 Å². The number of aryl methyl sites for hydroxylation is 1. The molecule has 2 fully saturated rings. The van der Waals surface area contributed by atoms with Crippen LogP contribution in [-0.2, 0) is 12.8 Å². The van der Waals surface area contributed by atoms with Crippen LogP contribution in [0.25, 0.3) is 5.70 Å². The first-order valence-corrected chi connectivity index (χ1v) is 11.6. The van der Waals surface area contributed by atoms with Crippen LogP contribution < -0.4 is 0 Å². The van der Waals surface area contributed by atoms with E-state index in [2.05, 4.69) is 80.7 Å². The van der Waals surface area contributed by atoms with E-state index in [1.165, 1.54) is 22.3 Å². The number of nitrogens with zero attached hydrogens (tertiary/aromatic N) is 3. The fourth-order valence-corrected chi connectivity index (χ4v) is 5.63. The molecule has 2 aliphatic carbocycles. The van der Waals surface area contributed by atoms with Gasteiger partial charge in [0.25, 0.3) is 5.92 Å². The number of hydrogen-bond donors (Lipinski definition) is 0. The molecule has 2 atom stereocenters. The quantitative estimate of drug-likeness (QED) is 0.477. The molecule has 1 aromatic carbocycles. The van der Waals surface area contributed by atoms with E-state index in [1.807, 2.05) is 0 Å². The van der Waals surface area contributed by atoms with Crippen LogP contribution in [0.3, 0.4) is 0 Å². The predicted molar refractivity (Wildman–Crippen MR) is 136 cm³/mol. The molecule has 178 valence electrons. The van der Waals surface area contributed by atoms with Crippen molar-refractivity contribution in [2.75, 3.05) is 19.6 Å². The number of amidine groups is 1. The van der Waals surface area contributed by atoms with Gasteiger partial charge >= 0.3 is 0 Å². The number of likely N-dealkylation sites (tertiary alicyclic amines) is 1. The minimum absolute atomic E-state index is 0.0364. The van der Waals surface area contributed by atoms with Crippen LogP contribution in [-0.4, -0.2) is 42.0 Å². The van der Waals surface area contributed by atoms with E-state index >= 15 is 0 Å². The summed E-state index contributed by atoms with van der Waals surface area (Å²) >= 11 is 0. The normalized spacial score (nSPS) is 26.1. The van der Waals surface area contributed by atoms with Crippen LogP contribution in [0, 0.1) is 23.7 Å². The Morgan fingerprint density at radius 1 is 1.15 bits per heavy atom. The van der Waals surface area contributed by atoms with Crippen molar-refractivity contribution >= 4 is 17.2 Å². The lowest BCUT2D eigenvalue weighted by Crippen LogP contribution is -2.28. The first-order valence-electron chi connectivity index (χ1n) is 11.6. The van der Waals surface area contributed by atoms with Crippen molar-refractivity contribution in [1.29, 1.82) is 0 Å². The zero-order valence-electron chi connectivity index (χ0n) is 20.6. The van der Waals surface area contributed by atoms with Gasteiger partial charge in [0.1, 0.15) is 11.5 Å². The van der Waals surface area contributed by atoms with Crippen molar-refractivity contribution in [2.24, 2.45) is 26.7 Å². The Kier molecular flexibility index (Phi) is 6.58. The summed E-state index contributed by atoms with van der Waals surface area (Å²) in [5, 5.41) is 0. The summed E-state index contributed by atoms with van der Waals surface area (Å²) in [6.07, 6.45) is 3.18. The Morgan fingerprint density at radius 2 is 1.82 bits per heavy atom. The Bertz CT molecular complexity index is 1010. The average molecular weight is 454 g/mol. The molecule has 2 unspecified atom stereocenters. The highest BCUT2D eigenvalue weighted by molar-refractivity contribution is 6.10. The molecule has 1 aromatic rings. The maximum atomic E-state index is 13.7. The number of rotatable bonds is 4. The minimum Gasteiger partial charge on any atom is -0.370 e. The van der Waals surface area contributed by atoms with Crippen LogP contribution in [0.15, 0.2) is 55.0 Å². The molecule has 2 aliphatic heterocycles. The number of aliphatic imine (C=N–C) groups is 2. The summed E-state index contributed by atoms with van der Waals surface area (Å²) < 4.78 is 27.3. The van der Waals surface area contributed by atoms with Crippen molar-refractivity contribution in [3.8, 4) is 0 Å². The highest BCUT2D eigenvalue weighted by Crippen LogP contribution is 2.60. The number of benzene rings is 1. The Hall–Kier alpha value is -2.56. The maximum Gasteiger partial charge on any atom is 0.285 e. The van der Waals surface area contributed by atoms with E-state index in [-0.39, 0.29) is 23.1 Å². The fraction of sp³-hybridized carbons (Fsp3) is 0.500.